The zero-order valence-corrected chi connectivity index (χ0v) is 12.8. The Morgan fingerprint density at radius 1 is 1.53 bits per heavy atom. The van der Waals surface area contributed by atoms with Crippen molar-refractivity contribution in [2.24, 2.45) is 11.7 Å². The highest BCUT2D eigenvalue weighted by Gasteiger charge is 2.29. The summed E-state index contributed by atoms with van der Waals surface area (Å²) in [7, 11) is 0. The highest BCUT2D eigenvalue weighted by atomic mass is 79.9. The fraction of sp³-hybridized carbons (Fsp3) is 0.500. The number of rotatable bonds is 4. The minimum Gasteiger partial charge on any atom is -0.369 e. The average Bonchev–Trinajstić information content (AvgIpc) is 2.98. The van der Waals surface area contributed by atoms with Crippen LogP contribution < -0.4 is 11.1 Å². The van der Waals surface area contributed by atoms with Gasteiger partial charge in [-0.1, -0.05) is 0 Å². The maximum absolute atomic E-state index is 11.9. The van der Waals surface area contributed by atoms with E-state index in [1.165, 1.54) is 4.88 Å². The standard InChI is InChI=1S/C12H16BrN3O2S/c13-10-2-1-9(19-10)3-5-15-12(18)16-6-4-8(7-16)11(14)17/h1-2,8H,3-7H2,(H2,14,17)(H,15,18)/t8-/m1/s1. The van der Waals surface area contributed by atoms with Crippen LogP contribution in [0.1, 0.15) is 11.3 Å². The molecule has 0 radical (unpaired) electrons. The highest BCUT2D eigenvalue weighted by molar-refractivity contribution is 9.11. The number of nitrogens with one attached hydrogen (secondary N) is 1. The number of likely N-dealkylation sites (tertiary alicyclic amines) is 1. The maximum Gasteiger partial charge on any atom is 0.317 e. The number of hydrogen-bond donors (Lipinski definition) is 2. The van der Waals surface area contributed by atoms with Gasteiger partial charge in [0.25, 0.3) is 0 Å². The zero-order chi connectivity index (χ0) is 13.8. The summed E-state index contributed by atoms with van der Waals surface area (Å²) in [5.74, 6) is -0.516. The van der Waals surface area contributed by atoms with Crippen molar-refractivity contribution in [3.05, 3.63) is 20.8 Å². The van der Waals surface area contributed by atoms with Gasteiger partial charge in [0.15, 0.2) is 0 Å². The molecule has 3 amide bonds. The third-order valence-electron chi connectivity index (χ3n) is 3.15. The predicted molar refractivity (Wildman–Crippen MR) is 78.0 cm³/mol. The van der Waals surface area contributed by atoms with Crippen molar-refractivity contribution >= 4 is 39.2 Å². The summed E-state index contributed by atoms with van der Waals surface area (Å²) in [5.41, 5.74) is 5.24. The van der Waals surface area contributed by atoms with E-state index in [1.807, 2.05) is 12.1 Å². The maximum atomic E-state index is 11.9. The molecule has 0 unspecified atom stereocenters. The molecule has 1 aliphatic heterocycles. The second kappa shape index (κ2) is 6.38. The summed E-state index contributed by atoms with van der Waals surface area (Å²) in [5, 5.41) is 2.87. The van der Waals surface area contributed by atoms with Gasteiger partial charge in [-0.05, 0) is 40.9 Å². The van der Waals surface area contributed by atoms with Crippen LogP contribution in [0.5, 0.6) is 0 Å². The first kappa shape index (κ1) is 14.3. The molecule has 1 aromatic rings. The minimum absolute atomic E-state index is 0.112. The van der Waals surface area contributed by atoms with E-state index < -0.39 is 0 Å². The van der Waals surface area contributed by atoms with Crippen LogP contribution in [0.15, 0.2) is 15.9 Å². The topological polar surface area (TPSA) is 75.4 Å². The van der Waals surface area contributed by atoms with E-state index in [1.54, 1.807) is 16.2 Å². The molecule has 2 rings (SSSR count). The molecule has 0 aliphatic carbocycles. The number of halogens is 1. The Balaban J connectivity index is 1.72. The van der Waals surface area contributed by atoms with Crippen molar-refractivity contribution in [1.82, 2.24) is 10.2 Å². The Morgan fingerprint density at radius 2 is 2.32 bits per heavy atom. The molecule has 104 valence electrons. The van der Waals surface area contributed by atoms with Gasteiger partial charge >= 0.3 is 6.03 Å². The smallest absolute Gasteiger partial charge is 0.317 e. The van der Waals surface area contributed by atoms with Gasteiger partial charge in [-0.25, -0.2) is 4.79 Å². The molecule has 1 saturated heterocycles. The van der Waals surface area contributed by atoms with Gasteiger partial charge in [-0.15, -0.1) is 11.3 Å². The summed E-state index contributed by atoms with van der Waals surface area (Å²) in [4.78, 5) is 25.8. The van der Waals surface area contributed by atoms with Crippen molar-refractivity contribution in [3.63, 3.8) is 0 Å². The molecule has 1 atom stereocenters. The van der Waals surface area contributed by atoms with E-state index in [-0.39, 0.29) is 17.9 Å². The van der Waals surface area contributed by atoms with Crippen LogP contribution in [0.3, 0.4) is 0 Å². The summed E-state index contributed by atoms with van der Waals surface area (Å²) in [6, 6.07) is 3.93. The first-order valence-electron chi connectivity index (χ1n) is 6.12. The van der Waals surface area contributed by atoms with Gasteiger partial charge < -0.3 is 16.0 Å². The van der Waals surface area contributed by atoms with Gasteiger partial charge in [0.05, 0.1) is 9.70 Å². The lowest BCUT2D eigenvalue weighted by Crippen LogP contribution is -2.40. The molecule has 0 saturated carbocycles. The van der Waals surface area contributed by atoms with Crippen LogP contribution in [-0.4, -0.2) is 36.5 Å². The Labute approximate surface area is 124 Å². The summed E-state index contributed by atoms with van der Waals surface area (Å²) >= 11 is 5.07. The van der Waals surface area contributed by atoms with Crippen LogP contribution in [-0.2, 0) is 11.2 Å². The number of primary amides is 1. The van der Waals surface area contributed by atoms with E-state index in [4.69, 9.17) is 5.73 Å². The Hall–Kier alpha value is -1.08. The van der Waals surface area contributed by atoms with Crippen LogP contribution in [0.2, 0.25) is 0 Å². The number of nitrogens with zero attached hydrogens (tertiary/aromatic N) is 1. The van der Waals surface area contributed by atoms with Crippen LogP contribution in [0.25, 0.3) is 0 Å². The fourth-order valence-corrected chi connectivity index (χ4v) is 3.55. The van der Waals surface area contributed by atoms with Gasteiger partial charge in [0.2, 0.25) is 5.91 Å². The second-order valence-corrected chi connectivity index (χ2v) is 7.07. The molecule has 0 bridgehead atoms. The monoisotopic (exact) mass is 345 g/mol. The first-order chi connectivity index (χ1) is 9.06. The van der Waals surface area contributed by atoms with Crippen molar-refractivity contribution in [2.45, 2.75) is 12.8 Å². The number of thiophene rings is 1. The molecular weight excluding hydrogens is 330 g/mol. The lowest BCUT2D eigenvalue weighted by molar-refractivity contribution is -0.121. The van der Waals surface area contributed by atoms with Gasteiger partial charge in [-0.2, -0.15) is 0 Å². The molecule has 1 aromatic heterocycles. The van der Waals surface area contributed by atoms with Gasteiger partial charge in [0.1, 0.15) is 0 Å². The lowest BCUT2D eigenvalue weighted by Gasteiger charge is -2.16. The number of urea groups is 1. The molecule has 1 aliphatic rings. The molecule has 2 heterocycles. The largest absolute Gasteiger partial charge is 0.369 e. The molecular formula is C12H16BrN3O2S. The molecule has 1 fully saturated rings. The fourth-order valence-electron chi connectivity index (χ4n) is 2.07. The number of nitrogens with two attached hydrogens (primary N) is 1. The highest BCUT2D eigenvalue weighted by Crippen LogP contribution is 2.22. The molecule has 5 nitrogen and oxygen atoms in total. The number of carbonyl (C=O) groups excluding carboxylic acids is 2. The quantitative estimate of drug-likeness (QED) is 0.868. The zero-order valence-electron chi connectivity index (χ0n) is 10.4. The molecule has 7 heteroatoms. The third-order valence-corrected chi connectivity index (χ3v) is 4.84. The number of hydrogen-bond acceptors (Lipinski definition) is 3. The van der Waals surface area contributed by atoms with Gasteiger partial charge in [-0.3, -0.25) is 4.79 Å². The Bertz CT molecular complexity index is 477. The normalized spacial score (nSPS) is 18.6. The number of amides is 3. The summed E-state index contributed by atoms with van der Waals surface area (Å²) < 4.78 is 1.10. The van der Waals surface area contributed by atoms with E-state index >= 15 is 0 Å². The van der Waals surface area contributed by atoms with Crippen LogP contribution in [0.4, 0.5) is 4.79 Å². The Morgan fingerprint density at radius 3 is 2.89 bits per heavy atom. The predicted octanol–water partition coefficient (Wildman–Crippen LogP) is 1.57. The van der Waals surface area contributed by atoms with Gasteiger partial charge in [0, 0.05) is 24.5 Å². The van der Waals surface area contributed by atoms with E-state index in [0.29, 0.717) is 26.1 Å². The van der Waals surface area contributed by atoms with E-state index in [2.05, 4.69) is 21.2 Å². The SMILES string of the molecule is NC(=O)[C@@H]1CCN(C(=O)NCCc2ccc(Br)s2)C1. The first-order valence-corrected chi connectivity index (χ1v) is 7.73. The average molecular weight is 346 g/mol. The molecule has 0 spiro atoms. The summed E-state index contributed by atoms with van der Waals surface area (Å²) in [6.07, 6.45) is 1.48. The second-order valence-electron chi connectivity index (χ2n) is 4.52. The molecule has 3 N–H and O–H groups in total. The van der Waals surface area contributed by atoms with Crippen LogP contribution in [0, 0.1) is 5.92 Å². The van der Waals surface area contributed by atoms with E-state index in [9.17, 15) is 9.59 Å². The third kappa shape index (κ3) is 3.94. The molecule has 19 heavy (non-hydrogen) atoms. The minimum atomic E-state index is -0.321. The lowest BCUT2D eigenvalue weighted by atomic mass is 10.1. The van der Waals surface area contributed by atoms with Crippen molar-refractivity contribution < 1.29 is 9.59 Å². The number of carbonyl (C=O) groups is 2. The Kier molecular flexibility index (Phi) is 4.81. The molecule has 0 aromatic carbocycles. The van der Waals surface area contributed by atoms with Crippen molar-refractivity contribution in [1.29, 1.82) is 0 Å². The van der Waals surface area contributed by atoms with Crippen LogP contribution >= 0.6 is 27.3 Å². The van der Waals surface area contributed by atoms with E-state index in [0.717, 1.165) is 10.2 Å². The van der Waals surface area contributed by atoms with Crippen molar-refractivity contribution in [3.8, 4) is 0 Å². The van der Waals surface area contributed by atoms with Crippen molar-refractivity contribution in [2.75, 3.05) is 19.6 Å². The summed E-state index contributed by atoms with van der Waals surface area (Å²) in [6.45, 7) is 1.64.